The number of hydrogen-bond donors (Lipinski definition) is 0. The van der Waals surface area contributed by atoms with Crippen LogP contribution < -0.4 is 4.57 Å². The Bertz CT molecular complexity index is 1530. The van der Waals surface area contributed by atoms with Crippen LogP contribution in [0.3, 0.4) is 0 Å². The van der Waals surface area contributed by atoms with E-state index in [9.17, 15) is 0 Å². The van der Waals surface area contributed by atoms with E-state index in [-0.39, 0.29) is 10.8 Å². The molecule has 0 fully saturated rings. The van der Waals surface area contributed by atoms with Gasteiger partial charge in [-0.05, 0) is 46.2 Å². The zero-order valence-corrected chi connectivity index (χ0v) is 24.0. The smallest absolute Gasteiger partial charge is 0.187 e. The van der Waals surface area contributed by atoms with Crippen molar-refractivity contribution >= 4 is 45.0 Å². The Kier molecular flexibility index (Phi) is 6.59. The second kappa shape index (κ2) is 9.46. The van der Waals surface area contributed by atoms with Crippen molar-refractivity contribution in [3.63, 3.8) is 0 Å². The molecule has 0 aliphatic carbocycles. The summed E-state index contributed by atoms with van der Waals surface area (Å²) in [4.78, 5) is 0. The molecule has 0 saturated heterocycles. The lowest BCUT2D eigenvalue weighted by Gasteiger charge is -2.23. The summed E-state index contributed by atoms with van der Waals surface area (Å²) in [6, 6.07) is 30.2. The van der Waals surface area contributed by atoms with Crippen LogP contribution in [0, 0.1) is 0 Å². The average Bonchev–Trinajstić information content (AvgIpc) is 2.84. The molecule has 0 atom stereocenters. The highest BCUT2D eigenvalue weighted by Gasteiger charge is 2.27. The molecule has 4 aromatic carbocycles. The molecule has 0 spiro atoms. The van der Waals surface area contributed by atoms with Gasteiger partial charge in [0, 0.05) is 38.9 Å². The van der Waals surface area contributed by atoms with Crippen molar-refractivity contribution < 1.29 is 4.57 Å². The van der Waals surface area contributed by atoms with Gasteiger partial charge in [-0.1, -0.05) is 113 Å². The molecule has 5 rings (SSSR count). The van der Waals surface area contributed by atoms with Crippen LogP contribution in [-0.4, -0.2) is 0 Å². The van der Waals surface area contributed by atoms with Gasteiger partial charge in [0.2, 0.25) is 11.0 Å². The lowest BCUT2D eigenvalue weighted by molar-refractivity contribution is -0.635. The van der Waals surface area contributed by atoms with Gasteiger partial charge >= 0.3 is 0 Å². The van der Waals surface area contributed by atoms with Crippen molar-refractivity contribution in [2.45, 2.75) is 58.9 Å². The number of rotatable bonds is 3. The van der Waals surface area contributed by atoms with Crippen molar-refractivity contribution in [2.75, 3.05) is 0 Å². The van der Waals surface area contributed by atoms with Crippen molar-refractivity contribution in [2.24, 2.45) is 0 Å². The topological polar surface area (TPSA) is 3.88 Å². The molecule has 0 N–H and O–H groups in total. The molecule has 0 aliphatic rings. The van der Waals surface area contributed by atoms with Gasteiger partial charge in [0.25, 0.3) is 0 Å². The van der Waals surface area contributed by atoms with Gasteiger partial charge in [0.15, 0.2) is 6.54 Å². The normalized spacial score (nSPS) is 12.4. The molecule has 0 aliphatic heterocycles. The first-order chi connectivity index (χ1) is 17.4. The maximum atomic E-state index is 6.90. The van der Waals surface area contributed by atoms with Gasteiger partial charge in [0.1, 0.15) is 0 Å². The highest BCUT2D eigenvalue weighted by atomic mass is 35.5. The maximum absolute atomic E-state index is 6.90. The number of hydrogen-bond acceptors (Lipinski definition) is 0. The molecule has 1 aromatic heterocycles. The minimum absolute atomic E-state index is 0.00219. The third kappa shape index (κ3) is 4.88. The zero-order chi connectivity index (χ0) is 26.5. The number of benzene rings is 4. The van der Waals surface area contributed by atoms with Crippen LogP contribution in [0.1, 0.15) is 58.2 Å². The number of pyridine rings is 1. The van der Waals surface area contributed by atoms with Gasteiger partial charge in [-0.25, -0.2) is 0 Å². The summed E-state index contributed by atoms with van der Waals surface area (Å²) in [5.74, 6) is 0. The second-order valence-corrected chi connectivity index (χ2v) is 12.8. The molecule has 0 amide bonds. The molecule has 1 nitrogen and oxygen atoms in total. The van der Waals surface area contributed by atoms with Crippen LogP contribution in [0.5, 0.6) is 0 Å². The Hall–Kier alpha value is -2.87. The largest absolute Gasteiger partial charge is 0.213 e. The van der Waals surface area contributed by atoms with Gasteiger partial charge in [-0.2, -0.15) is 4.57 Å². The predicted molar refractivity (Wildman–Crippen MR) is 160 cm³/mol. The Morgan fingerprint density at radius 3 is 1.51 bits per heavy atom. The minimum Gasteiger partial charge on any atom is -0.187 e. The van der Waals surface area contributed by atoms with Crippen molar-refractivity contribution in [3.8, 4) is 11.1 Å². The minimum atomic E-state index is 0.00219. The predicted octanol–water partition coefficient (Wildman–Crippen LogP) is 9.90. The Morgan fingerprint density at radius 1 is 0.568 bits per heavy atom. The van der Waals surface area contributed by atoms with E-state index in [0.717, 1.165) is 28.4 Å². The lowest BCUT2D eigenvalue weighted by Crippen LogP contribution is -2.36. The van der Waals surface area contributed by atoms with E-state index in [1.165, 1.54) is 27.7 Å². The fourth-order valence-corrected chi connectivity index (χ4v) is 5.68. The lowest BCUT2D eigenvalue weighted by atomic mass is 9.83. The molecular formula is C34H34Cl2N+. The summed E-state index contributed by atoms with van der Waals surface area (Å²) in [6.45, 7) is 14.3. The van der Waals surface area contributed by atoms with Crippen LogP contribution in [0.15, 0.2) is 84.9 Å². The van der Waals surface area contributed by atoms with E-state index in [1.54, 1.807) is 0 Å². The fourth-order valence-electron chi connectivity index (χ4n) is 5.09. The molecule has 37 heavy (non-hydrogen) atoms. The van der Waals surface area contributed by atoms with Gasteiger partial charge in [-0.15, -0.1) is 0 Å². The highest BCUT2D eigenvalue weighted by Crippen LogP contribution is 2.43. The Labute approximate surface area is 230 Å². The quantitative estimate of drug-likeness (QED) is 0.162. The standard InChI is InChI=1S/C34H34Cl2N/c1-33(2,3)23-15-17-29-25(19-23)31(32-27(35)13-10-14-28(32)36)26-20-24(34(4,5)6)16-18-30(26)37(29)21-22-11-8-7-9-12-22/h7-20H,21H2,1-6H3/q+1. The first-order valence-electron chi connectivity index (χ1n) is 12.9. The third-order valence-electron chi connectivity index (χ3n) is 7.24. The van der Waals surface area contributed by atoms with Crippen LogP contribution in [0.25, 0.3) is 32.9 Å². The highest BCUT2D eigenvalue weighted by molar-refractivity contribution is 6.40. The van der Waals surface area contributed by atoms with E-state index in [0.29, 0.717) is 10.0 Å². The van der Waals surface area contributed by atoms with Crippen molar-refractivity contribution in [1.82, 2.24) is 0 Å². The molecular weight excluding hydrogens is 493 g/mol. The van der Waals surface area contributed by atoms with Crippen LogP contribution in [0.4, 0.5) is 0 Å². The summed E-state index contributed by atoms with van der Waals surface area (Å²) >= 11 is 13.8. The van der Waals surface area contributed by atoms with Gasteiger partial charge in [-0.3, -0.25) is 0 Å². The van der Waals surface area contributed by atoms with E-state index in [2.05, 4.69) is 113 Å². The number of aromatic nitrogens is 1. The molecule has 188 valence electrons. The van der Waals surface area contributed by atoms with Gasteiger partial charge in [0.05, 0.1) is 10.8 Å². The number of nitrogens with zero attached hydrogens (tertiary/aromatic N) is 1. The summed E-state index contributed by atoms with van der Waals surface area (Å²) in [5, 5.41) is 3.66. The zero-order valence-electron chi connectivity index (χ0n) is 22.5. The van der Waals surface area contributed by atoms with Crippen LogP contribution >= 0.6 is 23.2 Å². The second-order valence-electron chi connectivity index (χ2n) is 12.0. The summed E-state index contributed by atoms with van der Waals surface area (Å²) in [5.41, 5.74) is 8.15. The molecule has 0 radical (unpaired) electrons. The molecule has 3 heteroatoms. The fraction of sp³-hybridized carbons (Fsp3) is 0.265. The summed E-state index contributed by atoms with van der Waals surface area (Å²) < 4.78 is 2.44. The van der Waals surface area contributed by atoms with E-state index in [4.69, 9.17) is 23.2 Å². The maximum Gasteiger partial charge on any atom is 0.213 e. The van der Waals surface area contributed by atoms with E-state index >= 15 is 0 Å². The third-order valence-corrected chi connectivity index (χ3v) is 7.87. The Morgan fingerprint density at radius 2 is 1.05 bits per heavy atom. The first kappa shape index (κ1) is 25.8. The summed E-state index contributed by atoms with van der Waals surface area (Å²) in [6.07, 6.45) is 0. The van der Waals surface area contributed by atoms with Crippen LogP contribution in [-0.2, 0) is 17.4 Å². The van der Waals surface area contributed by atoms with Crippen molar-refractivity contribution in [3.05, 3.63) is 112 Å². The SMILES string of the molecule is CC(C)(C)c1ccc2c(c1)c(-c1c(Cl)cccc1Cl)c1cc(C(C)(C)C)ccc1[n+]2Cc1ccccc1. The monoisotopic (exact) mass is 526 g/mol. The molecule has 1 heterocycles. The van der Waals surface area contributed by atoms with Crippen LogP contribution in [0.2, 0.25) is 10.0 Å². The number of halogens is 2. The number of fused-ring (bicyclic) bond motifs is 2. The Balaban J connectivity index is 2.00. The molecule has 5 aromatic rings. The first-order valence-corrected chi connectivity index (χ1v) is 13.6. The van der Waals surface area contributed by atoms with E-state index < -0.39 is 0 Å². The van der Waals surface area contributed by atoms with Crippen molar-refractivity contribution in [1.29, 1.82) is 0 Å². The average molecular weight is 528 g/mol. The molecule has 0 saturated carbocycles. The van der Waals surface area contributed by atoms with Gasteiger partial charge < -0.3 is 0 Å². The molecule has 0 unspecified atom stereocenters. The summed E-state index contributed by atoms with van der Waals surface area (Å²) in [7, 11) is 0. The van der Waals surface area contributed by atoms with E-state index in [1.807, 2.05) is 18.2 Å². The molecule has 0 bridgehead atoms.